The van der Waals surface area contributed by atoms with Gasteiger partial charge in [-0.25, -0.2) is 8.42 Å². The van der Waals surface area contributed by atoms with E-state index in [2.05, 4.69) is 10.2 Å². The largest absolute Gasteiger partial charge is 0.497 e. The Kier molecular flexibility index (Phi) is 7.79. The minimum absolute atomic E-state index is 0.134. The first kappa shape index (κ1) is 22.9. The molecule has 1 aliphatic rings. The maximum absolute atomic E-state index is 12.4. The van der Waals surface area contributed by atoms with Crippen molar-refractivity contribution in [2.24, 2.45) is 0 Å². The van der Waals surface area contributed by atoms with Crippen LogP contribution >= 0.6 is 0 Å². The van der Waals surface area contributed by atoms with Gasteiger partial charge >= 0.3 is 0 Å². The van der Waals surface area contributed by atoms with Crippen LogP contribution < -0.4 is 19.3 Å². The molecule has 2 aromatic carbocycles. The van der Waals surface area contributed by atoms with Crippen molar-refractivity contribution < 1.29 is 17.9 Å². The number of rotatable bonds is 9. The van der Waals surface area contributed by atoms with Crippen LogP contribution in [0.1, 0.15) is 32.1 Å². The molecule has 1 amide bonds. The Labute approximate surface area is 185 Å². The summed E-state index contributed by atoms with van der Waals surface area (Å²) in [5.41, 5.74) is 2.45. The summed E-state index contributed by atoms with van der Waals surface area (Å²) in [6.45, 7) is 2.37. The SMILES string of the molecule is COc1cccc(N(CCCC(=O)Nc2ccc(N3CCCCC3)cc2)S(C)(=O)=O)c1. The summed E-state index contributed by atoms with van der Waals surface area (Å²) in [5, 5.41) is 2.90. The number of nitrogens with zero attached hydrogens (tertiary/aromatic N) is 2. The average molecular weight is 446 g/mol. The number of nitrogens with one attached hydrogen (secondary N) is 1. The summed E-state index contributed by atoms with van der Waals surface area (Å²) in [5.74, 6) is 0.446. The van der Waals surface area contributed by atoms with Gasteiger partial charge in [-0.2, -0.15) is 0 Å². The number of hydrogen-bond acceptors (Lipinski definition) is 5. The van der Waals surface area contributed by atoms with Gasteiger partial charge in [0.2, 0.25) is 15.9 Å². The topological polar surface area (TPSA) is 79.0 Å². The molecule has 1 fully saturated rings. The van der Waals surface area contributed by atoms with Gasteiger partial charge in [0, 0.05) is 43.5 Å². The Morgan fingerprint density at radius 1 is 1.10 bits per heavy atom. The van der Waals surface area contributed by atoms with E-state index in [1.165, 1.54) is 36.4 Å². The number of amides is 1. The fraction of sp³-hybridized carbons (Fsp3) is 0.435. The van der Waals surface area contributed by atoms with Crippen LogP contribution in [0.5, 0.6) is 5.75 Å². The Morgan fingerprint density at radius 3 is 2.45 bits per heavy atom. The molecular formula is C23H31N3O4S. The van der Waals surface area contributed by atoms with E-state index >= 15 is 0 Å². The van der Waals surface area contributed by atoms with Crippen LogP contribution in [0.4, 0.5) is 17.1 Å². The second-order valence-electron chi connectivity index (χ2n) is 7.78. The molecule has 2 aromatic rings. The number of piperidine rings is 1. The number of carbonyl (C=O) groups is 1. The quantitative estimate of drug-likeness (QED) is 0.634. The lowest BCUT2D eigenvalue weighted by atomic mass is 10.1. The van der Waals surface area contributed by atoms with Gasteiger partial charge in [-0.3, -0.25) is 9.10 Å². The number of sulfonamides is 1. The van der Waals surface area contributed by atoms with Crippen molar-refractivity contribution in [2.45, 2.75) is 32.1 Å². The third-order valence-electron chi connectivity index (χ3n) is 5.38. The number of ether oxygens (including phenoxy) is 1. The Hall–Kier alpha value is -2.74. The van der Waals surface area contributed by atoms with Gasteiger partial charge in [0.05, 0.1) is 19.1 Å². The molecule has 0 aromatic heterocycles. The molecule has 1 saturated heterocycles. The third-order valence-corrected chi connectivity index (χ3v) is 6.57. The van der Waals surface area contributed by atoms with E-state index in [0.717, 1.165) is 25.0 Å². The van der Waals surface area contributed by atoms with Gasteiger partial charge in [-0.1, -0.05) is 6.07 Å². The molecule has 168 valence electrons. The maximum atomic E-state index is 12.4. The molecule has 0 aliphatic carbocycles. The highest BCUT2D eigenvalue weighted by atomic mass is 32.2. The van der Waals surface area contributed by atoms with Crippen molar-refractivity contribution in [3.8, 4) is 5.75 Å². The minimum atomic E-state index is -3.47. The smallest absolute Gasteiger partial charge is 0.232 e. The Balaban J connectivity index is 1.53. The molecule has 8 heteroatoms. The van der Waals surface area contributed by atoms with E-state index in [4.69, 9.17) is 4.74 Å². The Bertz CT molecular complexity index is 971. The Morgan fingerprint density at radius 2 is 1.81 bits per heavy atom. The highest BCUT2D eigenvalue weighted by Crippen LogP contribution is 2.24. The fourth-order valence-electron chi connectivity index (χ4n) is 3.77. The van der Waals surface area contributed by atoms with Gasteiger partial charge in [0.25, 0.3) is 0 Å². The summed E-state index contributed by atoms with van der Waals surface area (Å²) < 4.78 is 31.0. The molecule has 31 heavy (non-hydrogen) atoms. The third kappa shape index (κ3) is 6.62. The van der Waals surface area contributed by atoms with E-state index in [-0.39, 0.29) is 18.9 Å². The summed E-state index contributed by atoms with van der Waals surface area (Å²) in [4.78, 5) is 14.7. The number of carbonyl (C=O) groups excluding carboxylic acids is 1. The predicted molar refractivity (Wildman–Crippen MR) is 126 cm³/mol. The lowest BCUT2D eigenvalue weighted by molar-refractivity contribution is -0.116. The second kappa shape index (κ2) is 10.5. The zero-order valence-electron chi connectivity index (χ0n) is 18.2. The first-order valence-electron chi connectivity index (χ1n) is 10.6. The van der Waals surface area contributed by atoms with Crippen molar-refractivity contribution in [2.75, 3.05) is 47.5 Å². The molecule has 7 nitrogen and oxygen atoms in total. The van der Waals surface area contributed by atoms with E-state index < -0.39 is 10.0 Å². The normalized spacial score (nSPS) is 14.2. The molecule has 1 N–H and O–H groups in total. The van der Waals surface area contributed by atoms with E-state index in [1.54, 1.807) is 24.3 Å². The lowest BCUT2D eigenvalue weighted by Crippen LogP contribution is -2.31. The van der Waals surface area contributed by atoms with Crippen LogP contribution in [0.2, 0.25) is 0 Å². The van der Waals surface area contributed by atoms with Crippen LogP contribution in [-0.2, 0) is 14.8 Å². The summed E-state index contributed by atoms with van der Waals surface area (Å²) >= 11 is 0. The molecule has 0 bridgehead atoms. The van der Waals surface area contributed by atoms with Crippen LogP contribution in [0.15, 0.2) is 48.5 Å². The van der Waals surface area contributed by atoms with Crippen molar-refractivity contribution in [3.63, 3.8) is 0 Å². The number of methoxy groups -OCH3 is 1. The van der Waals surface area contributed by atoms with Crippen LogP contribution in [0, 0.1) is 0 Å². The van der Waals surface area contributed by atoms with E-state index in [0.29, 0.717) is 17.9 Å². The van der Waals surface area contributed by atoms with E-state index in [1.807, 2.05) is 24.3 Å². The number of benzene rings is 2. The van der Waals surface area contributed by atoms with Gasteiger partial charge < -0.3 is 15.0 Å². The minimum Gasteiger partial charge on any atom is -0.497 e. The first-order chi connectivity index (χ1) is 14.9. The summed E-state index contributed by atoms with van der Waals surface area (Å²) in [6, 6.07) is 14.8. The average Bonchev–Trinajstić information content (AvgIpc) is 2.77. The van der Waals surface area contributed by atoms with Gasteiger partial charge in [-0.15, -0.1) is 0 Å². The molecular weight excluding hydrogens is 414 g/mol. The van der Waals surface area contributed by atoms with Gasteiger partial charge in [0.1, 0.15) is 5.75 Å². The van der Waals surface area contributed by atoms with Gasteiger partial charge in [-0.05, 0) is 62.1 Å². The predicted octanol–water partition coefficient (Wildman–Crippen LogP) is 3.87. The molecule has 0 radical (unpaired) electrons. The van der Waals surface area contributed by atoms with Crippen LogP contribution in [-0.4, -0.2) is 47.3 Å². The second-order valence-corrected chi connectivity index (χ2v) is 9.69. The van der Waals surface area contributed by atoms with E-state index in [9.17, 15) is 13.2 Å². The molecule has 1 heterocycles. The zero-order chi connectivity index (χ0) is 22.3. The van der Waals surface area contributed by atoms with Crippen molar-refractivity contribution in [3.05, 3.63) is 48.5 Å². The van der Waals surface area contributed by atoms with Crippen molar-refractivity contribution >= 4 is 33.0 Å². The molecule has 0 unspecified atom stereocenters. The lowest BCUT2D eigenvalue weighted by Gasteiger charge is -2.28. The standard InChI is InChI=1S/C23H31N3O4S/c1-30-22-9-6-8-21(18-22)26(31(2,28)29)17-7-10-23(27)24-19-11-13-20(14-12-19)25-15-4-3-5-16-25/h6,8-9,11-14,18H,3-5,7,10,15-17H2,1-2H3,(H,24,27). The van der Waals surface area contributed by atoms with Crippen LogP contribution in [0.25, 0.3) is 0 Å². The van der Waals surface area contributed by atoms with Crippen molar-refractivity contribution in [1.29, 1.82) is 0 Å². The molecule has 3 rings (SSSR count). The fourth-order valence-corrected chi connectivity index (χ4v) is 4.72. The molecule has 0 atom stereocenters. The highest BCUT2D eigenvalue weighted by molar-refractivity contribution is 7.92. The number of anilines is 3. The number of hydrogen-bond donors (Lipinski definition) is 1. The van der Waals surface area contributed by atoms with Crippen LogP contribution in [0.3, 0.4) is 0 Å². The first-order valence-corrected chi connectivity index (χ1v) is 12.5. The molecule has 1 aliphatic heterocycles. The molecule has 0 spiro atoms. The summed E-state index contributed by atoms with van der Waals surface area (Å²) in [7, 11) is -1.94. The maximum Gasteiger partial charge on any atom is 0.232 e. The molecule has 0 saturated carbocycles. The van der Waals surface area contributed by atoms with Crippen molar-refractivity contribution in [1.82, 2.24) is 0 Å². The monoisotopic (exact) mass is 445 g/mol. The summed E-state index contributed by atoms with van der Waals surface area (Å²) in [6.07, 6.45) is 5.53. The van der Waals surface area contributed by atoms with Gasteiger partial charge in [0.15, 0.2) is 0 Å². The zero-order valence-corrected chi connectivity index (χ0v) is 19.0. The highest BCUT2D eigenvalue weighted by Gasteiger charge is 2.18.